The predicted molar refractivity (Wildman–Crippen MR) is 62.7 cm³/mol. The van der Waals surface area contributed by atoms with Crippen LogP contribution in [0.25, 0.3) is 0 Å². The van der Waals surface area contributed by atoms with Crippen LogP contribution in [0.2, 0.25) is 0 Å². The number of hydrogen-bond acceptors (Lipinski definition) is 5. The van der Waals surface area contributed by atoms with Gasteiger partial charge in [-0.05, 0) is 19.9 Å². The summed E-state index contributed by atoms with van der Waals surface area (Å²) < 4.78 is 7.61. The Hall–Kier alpha value is -1.69. The van der Waals surface area contributed by atoms with Gasteiger partial charge < -0.3 is 14.6 Å². The first-order chi connectivity index (χ1) is 8.25. The molecule has 0 saturated heterocycles. The lowest BCUT2D eigenvalue weighted by atomic mass is 10.2. The summed E-state index contributed by atoms with van der Waals surface area (Å²) in [6.45, 7) is 6.37. The average molecular weight is 233 g/mol. The number of rotatable bonds is 1. The smallest absolute Gasteiger partial charge is 0.260 e. The molecule has 0 amide bonds. The Bertz CT molecular complexity index is 502. The fourth-order valence-electron chi connectivity index (χ4n) is 2.09. The lowest BCUT2D eigenvalue weighted by Crippen LogP contribution is -2.33. The van der Waals surface area contributed by atoms with E-state index in [9.17, 15) is 0 Å². The predicted octanol–water partition coefficient (Wildman–Crippen LogP) is 0.623. The van der Waals surface area contributed by atoms with Crippen LogP contribution in [-0.4, -0.2) is 33.8 Å². The van der Waals surface area contributed by atoms with Gasteiger partial charge in [-0.1, -0.05) is 0 Å². The number of nitrogens with one attached hydrogen (secondary N) is 1. The molecule has 0 saturated carbocycles. The van der Waals surface area contributed by atoms with E-state index in [0.29, 0.717) is 12.5 Å². The molecule has 0 fully saturated rings. The summed E-state index contributed by atoms with van der Waals surface area (Å²) in [7, 11) is 0. The quantitative estimate of drug-likeness (QED) is 0.772. The summed E-state index contributed by atoms with van der Waals surface area (Å²) in [5.41, 5.74) is 0.964. The molecule has 6 heteroatoms. The van der Waals surface area contributed by atoms with Gasteiger partial charge in [-0.25, -0.2) is 4.99 Å². The van der Waals surface area contributed by atoms with Gasteiger partial charge in [0, 0.05) is 18.8 Å². The van der Waals surface area contributed by atoms with E-state index in [1.54, 1.807) is 0 Å². The Labute approximate surface area is 99.4 Å². The summed E-state index contributed by atoms with van der Waals surface area (Å²) >= 11 is 0. The number of aliphatic imine (C=N–C) groups is 1. The summed E-state index contributed by atoms with van der Waals surface area (Å²) in [6, 6.07) is 0.228. The van der Waals surface area contributed by atoms with Crippen LogP contribution in [0.3, 0.4) is 0 Å². The van der Waals surface area contributed by atoms with Gasteiger partial charge >= 0.3 is 0 Å². The lowest BCUT2D eigenvalue weighted by molar-refractivity contribution is 0.337. The second-order valence-corrected chi connectivity index (χ2v) is 4.28. The number of fused-ring (bicyclic) bond motifs is 1. The summed E-state index contributed by atoms with van der Waals surface area (Å²) in [4.78, 5) is 4.37. The summed E-state index contributed by atoms with van der Waals surface area (Å²) in [5.74, 6) is 2.27. The highest BCUT2D eigenvalue weighted by Gasteiger charge is 2.25. The van der Waals surface area contributed by atoms with E-state index >= 15 is 0 Å². The van der Waals surface area contributed by atoms with E-state index in [1.165, 1.54) is 0 Å². The number of ether oxygens (including phenoxy) is 1. The zero-order valence-electron chi connectivity index (χ0n) is 9.97. The maximum Gasteiger partial charge on any atom is 0.260 e. The first kappa shape index (κ1) is 10.5. The van der Waals surface area contributed by atoms with Gasteiger partial charge in [0.2, 0.25) is 5.82 Å². The monoisotopic (exact) mass is 233 g/mol. The number of hydrogen-bond donors (Lipinski definition) is 1. The maximum atomic E-state index is 5.52. The SMILES string of the molecule is CC1=CCOC(c2nnc3n2CCN[C@@H]3C)=N1. The van der Waals surface area contributed by atoms with Crippen LogP contribution >= 0.6 is 0 Å². The van der Waals surface area contributed by atoms with E-state index < -0.39 is 0 Å². The standard InChI is InChI=1S/C11H15N5O/c1-7-3-6-17-11(13-7)10-15-14-9-8(2)12-4-5-16(9)10/h3,8,12H,4-6H2,1-2H3/t8-/m1/s1. The molecule has 1 atom stereocenters. The molecule has 1 N–H and O–H groups in total. The minimum absolute atomic E-state index is 0.228. The zero-order chi connectivity index (χ0) is 11.8. The minimum atomic E-state index is 0.228. The molecule has 1 aromatic heterocycles. The van der Waals surface area contributed by atoms with E-state index in [1.807, 2.05) is 13.0 Å². The molecule has 6 nitrogen and oxygen atoms in total. The highest BCUT2D eigenvalue weighted by atomic mass is 16.5. The molecule has 3 heterocycles. The van der Waals surface area contributed by atoms with E-state index in [-0.39, 0.29) is 6.04 Å². The highest BCUT2D eigenvalue weighted by Crippen LogP contribution is 2.17. The van der Waals surface area contributed by atoms with Crippen LogP contribution in [0.5, 0.6) is 0 Å². The molecule has 17 heavy (non-hydrogen) atoms. The highest BCUT2D eigenvalue weighted by molar-refractivity contribution is 5.91. The van der Waals surface area contributed by atoms with Crippen LogP contribution in [0.4, 0.5) is 0 Å². The molecular weight excluding hydrogens is 218 g/mol. The first-order valence-corrected chi connectivity index (χ1v) is 5.81. The van der Waals surface area contributed by atoms with Crippen molar-refractivity contribution in [2.75, 3.05) is 13.2 Å². The van der Waals surface area contributed by atoms with Crippen molar-refractivity contribution >= 4 is 5.90 Å². The summed E-state index contributed by atoms with van der Waals surface area (Å²) in [5, 5.41) is 11.8. The van der Waals surface area contributed by atoms with Crippen molar-refractivity contribution < 1.29 is 4.74 Å². The Morgan fingerprint density at radius 2 is 2.35 bits per heavy atom. The Balaban J connectivity index is 2.02. The van der Waals surface area contributed by atoms with Crippen LogP contribution in [-0.2, 0) is 11.3 Å². The molecule has 3 rings (SSSR count). The van der Waals surface area contributed by atoms with Crippen molar-refractivity contribution in [1.29, 1.82) is 0 Å². The lowest BCUT2D eigenvalue weighted by Gasteiger charge is -2.22. The summed E-state index contributed by atoms with van der Waals surface area (Å²) in [6.07, 6.45) is 1.95. The van der Waals surface area contributed by atoms with Crippen molar-refractivity contribution in [2.45, 2.75) is 26.4 Å². The molecule has 1 aromatic rings. The zero-order valence-corrected chi connectivity index (χ0v) is 9.97. The molecule has 2 aliphatic heterocycles. The molecule has 0 bridgehead atoms. The van der Waals surface area contributed by atoms with Gasteiger partial charge in [-0.3, -0.25) is 0 Å². The van der Waals surface area contributed by atoms with Gasteiger partial charge in [0.05, 0.1) is 6.04 Å². The van der Waals surface area contributed by atoms with Gasteiger partial charge in [-0.2, -0.15) is 0 Å². The minimum Gasteiger partial charge on any atom is -0.471 e. The number of nitrogens with zero attached hydrogens (tertiary/aromatic N) is 4. The molecular formula is C11H15N5O. The third-order valence-electron chi connectivity index (χ3n) is 3.02. The van der Waals surface area contributed by atoms with Crippen LogP contribution in [0.1, 0.15) is 31.5 Å². The molecule has 0 unspecified atom stereocenters. The fourth-order valence-corrected chi connectivity index (χ4v) is 2.09. The van der Waals surface area contributed by atoms with Crippen molar-refractivity contribution in [3.05, 3.63) is 23.4 Å². The molecule has 0 radical (unpaired) electrons. The second-order valence-electron chi connectivity index (χ2n) is 4.28. The number of aromatic nitrogens is 3. The van der Waals surface area contributed by atoms with Crippen molar-refractivity contribution in [3.8, 4) is 0 Å². The van der Waals surface area contributed by atoms with Gasteiger partial charge in [0.15, 0.2) is 0 Å². The Morgan fingerprint density at radius 1 is 1.47 bits per heavy atom. The van der Waals surface area contributed by atoms with Crippen molar-refractivity contribution in [2.24, 2.45) is 4.99 Å². The third kappa shape index (κ3) is 1.74. The van der Waals surface area contributed by atoms with Crippen LogP contribution in [0.15, 0.2) is 16.8 Å². The Morgan fingerprint density at radius 3 is 3.18 bits per heavy atom. The van der Waals surface area contributed by atoms with Crippen molar-refractivity contribution in [1.82, 2.24) is 20.1 Å². The largest absolute Gasteiger partial charge is 0.471 e. The van der Waals surface area contributed by atoms with Crippen molar-refractivity contribution in [3.63, 3.8) is 0 Å². The van der Waals surface area contributed by atoms with Gasteiger partial charge in [-0.15, -0.1) is 10.2 Å². The molecule has 0 aliphatic carbocycles. The second kappa shape index (κ2) is 3.96. The van der Waals surface area contributed by atoms with E-state index in [0.717, 1.165) is 30.4 Å². The molecule has 0 aromatic carbocycles. The average Bonchev–Trinajstić information content (AvgIpc) is 2.74. The number of allylic oxidation sites excluding steroid dienone is 1. The maximum absolute atomic E-state index is 5.52. The van der Waals surface area contributed by atoms with Crippen LogP contribution < -0.4 is 5.32 Å². The normalized spacial score (nSPS) is 23.5. The van der Waals surface area contributed by atoms with Crippen LogP contribution in [0, 0.1) is 0 Å². The molecule has 90 valence electrons. The Kier molecular flexibility index (Phi) is 2.44. The first-order valence-electron chi connectivity index (χ1n) is 5.81. The molecule has 2 aliphatic rings. The molecule has 0 spiro atoms. The fraction of sp³-hybridized carbons (Fsp3) is 0.545. The van der Waals surface area contributed by atoms with E-state index in [4.69, 9.17) is 4.74 Å². The topological polar surface area (TPSA) is 64.3 Å². The third-order valence-corrected chi connectivity index (χ3v) is 3.02. The van der Waals surface area contributed by atoms with Gasteiger partial charge in [0.25, 0.3) is 5.90 Å². The van der Waals surface area contributed by atoms with E-state index in [2.05, 4.69) is 32.0 Å². The van der Waals surface area contributed by atoms with Gasteiger partial charge in [0.1, 0.15) is 12.4 Å².